The fraction of sp³-hybridized carbons (Fsp3) is 0.250. The Bertz CT molecular complexity index is 1330. The van der Waals surface area contributed by atoms with Crippen LogP contribution in [0.25, 0.3) is 5.69 Å². The van der Waals surface area contributed by atoms with E-state index in [-0.39, 0.29) is 18.2 Å². The van der Waals surface area contributed by atoms with Crippen molar-refractivity contribution in [3.05, 3.63) is 66.2 Å². The number of aromatic nitrogens is 3. The summed E-state index contributed by atoms with van der Waals surface area (Å²) in [5.41, 5.74) is -3.34. The van der Waals surface area contributed by atoms with Gasteiger partial charge in [-0.3, -0.25) is 14.2 Å². The Morgan fingerprint density at radius 3 is 2.14 bits per heavy atom. The molecule has 3 aromatic rings. The van der Waals surface area contributed by atoms with Crippen LogP contribution in [0.5, 0.6) is 0 Å². The lowest BCUT2D eigenvalue weighted by atomic mass is 10.1. The zero-order valence-electron chi connectivity index (χ0n) is 18.1. The second kappa shape index (κ2) is 9.77. The van der Waals surface area contributed by atoms with Gasteiger partial charge in [0.2, 0.25) is 21.8 Å². The molecule has 0 fully saturated rings. The zero-order chi connectivity index (χ0) is 26.9. The first-order valence-electron chi connectivity index (χ1n) is 9.86. The summed E-state index contributed by atoms with van der Waals surface area (Å²) in [7, 11) is -3.96. The highest BCUT2D eigenvalue weighted by Crippen LogP contribution is 2.37. The van der Waals surface area contributed by atoms with Crippen molar-refractivity contribution in [3.63, 3.8) is 0 Å². The summed E-state index contributed by atoms with van der Waals surface area (Å²) in [5.74, 6) is -1.85. The number of carbonyl (C=O) groups excluding carboxylic acids is 2. The predicted octanol–water partition coefficient (Wildman–Crippen LogP) is 2.83. The lowest BCUT2D eigenvalue weighted by Crippen LogP contribution is -2.45. The molecule has 0 aliphatic heterocycles. The number of rotatable bonds is 7. The SMILES string of the molecule is CNC(=O)CC(NS(=O)(=O)c1cc(C(F)(F)F)cc(C(F)(F)F)c1)C(=O)n1ccc(-n2cccn2)c1. The lowest BCUT2D eigenvalue weighted by Gasteiger charge is -2.19. The Morgan fingerprint density at radius 1 is 1.03 bits per heavy atom. The first kappa shape index (κ1) is 26.9. The Kier molecular flexibility index (Phi) is 7.31. The van der Waals surface area contributed by atoms with E-state index in [0.717, 1.165) is 4.57 Å². The predicted molar refractivity (Wildman–Crippen MR) is 111 cm³/mol. The fourth-order valence-corrected chi connectivity index (χ4v) is 4.32. The van der Waals surface area contributed by atoms with Crippen LogP contribution in [-0.4, -0.2) is 47.7 Å². The number of carbonyl (C=O) groups is 2. The molecule has 1 amide bonds. The van der Waals surface area contributed by atoms with Crippen LogP contribution in [-0.2, 0) is 27.2 Å². The first-order chi connectivity index (χ1) is 16.6. The van der Waals surface area contributed by atoms with Crippen LogP contribution < -0.4 is 10.0 Å². The van der Waals surface area contributed by atoms with Gasteiger partial charge in [-0.1, -0.05) is 0 Å². The van der Waals surface area contributed by atoms with E-state index in [1.54, 1.807) is 17.0 Å². The van der Waals surface area contributed by atoms with Crippen LogP contribution >= 0.6 is 0 Å². The first-order valence-corrected chi connectivity index (χ1v) is 11.3. The number of benzene rings is 1. The second-order valence-electron chi connectivity index (χ2n) is 7.36. The molecule has 2 heterocycles. The summed E-state index contributed by atoms with van der Waals surface area (Å²) in [6, 6.07) is 0.916. The minimum absolute atomic E-state index is 0.00444. The van der Waals surface area contributed by atoms with Crippen LogP contribution in [0, 0.1) is 0 Å². The van der Waals surface area contributed by atoms with Gasteiger partial charge in [-0.05, 0) is 30.3 Å². The molecule has 0 bridgehead atoms. The average molecular weight is 537 g/mol. The Labute approximate surface area is 199 Å². The molecule has 0 aliphatic carbocycles. The topological polar surface area (TPSA) is 115 Å². The maximum Gasteiger partial charge on any atom is 0.416 e. The summed E-state index contributed by atoms with van der Waals surface area (Å²) >= 11 is 0. The molecule has 194 valence electrons. The Hall–Kier alpha value is -3.66. The molecule has 1 atom stereocenters. The molecule has 3 rings (SSSR count). The molecule has 0 saturated heterocycles. The number of nitrogens with one attached hydrogen (secondary N) is 2. The summed E-state index contributed by atoms with van der Waals surface area (Å²) < 4.78 is 109. The number of hydrogen-bond donors (Lipinski definition) is 2. The van der Waals surface area contributed by atoms with Gasteiger partial charge in [0.05, 0.1) is 28.1 Å². The van der Waals surface area contributed by atoms with Gasteiger partial charge in [-0.25, -0.2) is 13.1 Å². The van der Waals surface area contributed by atoms with Crippen molar-refractivity contribution in [2.24, 2.45) is 0 Å². The lowest BCUT2D eigenvalue weighted by molar-refractivity contribution is -0.143. The van der Waals surface area contributed by atoms with E-state index < -0.39 is 62.7 Å². The number of halogens is 6. The third-order valence-electron chi connectivity index (χ3n) is 4.84. The van der Waals surface area contributed by atoms with E-state index >= 15 is 0 Å². The molecule has 36 heavy (non-hydrogen) atoms. The Morgan fingerprint density at radius 2 is 1.64 bits per heavy atom. The normalized spacial score (nSPS) is 13.4. The van der Waals surface area contributed by atoms with Crippen molar-refractivity contribution in [2.45, 2.75) is 29.7 Å². The third-order valence-corrected chi connectivity index (χ3v) is 6.29. The van der Waals surface area contributed by atoms with Gasteiger partial charge in [0.1, 0.15) is 6.04 Å². The number of hydrogen-bond acceptors (Lipinski definition) is 5. The van der Waals surface area contributed by atoms with Gasteiger partial charge >= 0.3 is 12.4 Å². The molecule has 1 aromatic carbocycles. The molecule has 1 unspecified atom stereocenters. The molecular weight excluding hydrogens is 520 g/mol. The highest BCUT2D eigenvalue weighted by Gasteiger charge is 2.39. The molecule has 0 spiro atoms. The molecule has 0 saturated carbocycles. The summed E-state index contributed by atoms with van der Waals surface area (Å²) in [6.07, 6.45) is -5.93. The molecular formula is C20H17F6N5O4S. The average Bonchev–Trinajstić information content (AvgIpc) is 3.48. The van der Waals surface area contributed by atoms with Gasteiger partial charge in [-0.2, -0.15) is 36.2 Å². The maximum atomic E-state index is 13.2. The summed E-state index contributed by atoms with van der Waals surface area (Å²) in [6.45, 7) is 0. The standard InChI is InChI=1S/C20H17F6N5O4S/c1-27-17(32)10-16(18(33)30-6-3-14(11-30)31-5-2-4-28-31)29-36(34,35)15-8-12(19(21,22)23)7-13(9-15)20(24,25)26/h2-9,11,16,29H,10H2,1H3,(H,27,32). The van der Waals surface area contributed by atoms with Crippen LogP contribution in [0.2, 0.25) is 0 Å². The van der Waals surface area contributed by atoms with Gasteiger partial charge in [-0.15, -0.1) is 0 Å². The van der Waals surface area contributed by atoms with Crippen molar-refractivity contribution in [3.8, 4) is 5.69 Å². The fourth-order valence-electron chi connectivity index (χ4n) is 3.06. The van der Waals surface area contributed by atoms with Gasteiger partial charge < -0.3 is 5.32 Å². The minimum atomic E-state index is -5.29. The molecule has 2 aromatic heterocycles. The van der Waals surface area contributed by atoms with E-state index in [2.05, 4.69) is 10.4 Å². The highest BCUT2D eigenvalue weighted by molar-refractivity contribution is 7.89. The third kappa shape index (κ3) is 6.12. The maximum absolute atomic E-state index is 13.2. The monoisotopic (exact) mass is 537 g/mol. The quantitative estimate of drug-likeness (QED) is 0.450. The number of sulfonamides is 1. The number of nitrogens with zero attached hydrogens (tertiary/aromatic N) is 3. The number of amides is 1. The zero-order valence-corrected chi connectivity index (χ0v) is 18.9. The van der Waals surface area contributed by atoms with Gasteiger partial charge in [0, 0.05) is 31.8 Å². The van der Waals surface area contributed by atoms with E-state index in [1.165, 1.54) is 36.4 Å². The molecule has 0 radical (unpaired) electrons. The van der Waals surface area contributed by atoms with Gasteiger partial charge in [0.25, 0.3) is 0 Å². The van der Waals surface area contributed by atoms with E-state index in [1.807, 2.05) is 0 Å². The van der Waals surface area contributed by atoms with Crippen molar-refractivity contribution in [2.75, 3.05) is 7.05 Å². The van der Waals surface area contributed by atoms with Crippen LogP contribution in [0.3, 0.4) is 0 Å². The Balaban J connectivity index is 2.00. The van der Waals surface area contributed by atoms with Crippen LogP contribution in [0.15, 0.2) is 60.0 Å². The second-order valence-corrected chi connectivity index (χ2v) is 9.07. The number of alkyl halides is 6. The van der Waals surface area contributed by atoms with Gasteiger partial charge in [0.15, 0.2) is 0 Å². The largest absolute Gasteiger partial charge is 0.416 e. The molecule has 2 N–H and O–H groups in total. The summed E-state index contributed by atoms with van der Waals surface area (Å²) in [4.78, 5) is 23.5. The van der Waals surface area contributed by atoms with E-state index in [4.69, 9.17) is 0 Å². The van der Waals surface area contributed by atoms with Crippen LogP contribution in [0.1, 0.15) is 22.3 Å². The smallest absolute Gasteiger partial charge is 0.359 e. The van der Waals surface area contributed by atoms with Crippen LogP contribution in [0.4, 0.5) is 26.3 Å². The highest BCUT2D eigenvalue weighted by atomic mass is 32.2. The molecule has 16 heteroatoms. The van der Waals surface area contributed by atoms with Crippen molar-refractivity contribution >= 4 is 21.8 Å². The molecule has 0 aliphatic rings. The van der Waals surface area contributed by atoms with E-state index in [9.17, 15) is 44.3 Å². The van der Waals surface area contributed by atoms with Crippen molar-refractivity contribution < 1.29 is 44.3 Å². The van der Waals surface area contributed by atoms with Crippen molar-refractivity contribution in [1.82, 2.24) is 24.4 Å². The van der Waals surface area contributed by atoms with E-state index in [0.29, 0.717) is 5.69 Å². The summed E-state index contributed by atoms with van der Waals surface area (Å²) in [5, 5.41) is 6.12. The molecule has 9 nitrogen and oxygen atoms in total. The van der Waals surface area contributed by atoms with Crippen molar-refractivity contribution in [1.29, 1.82) is 0 Å². The minimum Gasteiger partial charge on any atom is -0.359 e.